The topological polar surface area (TPSA) is 86.8 Å². The largest absolute Gasteiger partial charge is 0.494 e. The molecule has 3 aromatic rings. The van der Waals surface area contributed by atoms with Gasteiger partial charge in [0.05, 0.1) is 18.7 Å². The Bertz CT molecular complexity index is 1040. The summed E-state index contributed by atoms with van der Waals surface area (Å²) in [5.41, 5.74) is 1.10. The lowest BCUT2D eigenvalue weighted by molar-refractivity contribution is -0.152. The summed E-state index contributed by atoms with van der Waals surface area (Å²) in [6, 6.07) is 12.6. The summed E-state index contributed by atoms with van der Waals surface area (Å²) in [4.78, 5) is 28.8. The summed E-state index contributed by atoms with van der Waals surface area (Å²) in [6.45, 7) is 4.15. The highest BCUT2D eigenvalue weighted by atomic mass is 32.1. The van der Waals surface area contributed by atoms with Gasteiger partial charge in [-0.25, -0.2) is 9.37 Å². The van der Waals surface area contributed by atoms with Crippen molar-refractivity contribution in [3.8, 4) is 11.5 Å². The highest BCUT2D eigenvalue weighted by Crippen LogP contribution is 2.18. The smallest absolute Gasteiger partial charge is 0.312 e. The lowest BCUT2D eigenvalue weighted by Gasteiger charge is -2.13. The molecule has 1 aromatic heterocycles. The number of carbonyl (C=O) groups excluding carboxylic acids is 2. The van der Waals surface area contributed by atoms with Crippen LogP contribution < -0.4 is 14.8 Å². The molecule has 7 nitrogen and oxygen atoms in total. The van der Waals surface area contributed by atoms with Crippen molar-refractivity contribution in [2.24, 2.45) is 0 Å². The number of nitrogens with zero attached hydrogens (tertiary/aromatic N) is 1. The van der Waals surface area contributed by atoms with E-state index >= 15 is 0 Å². The maximum Gasteiger partial charge on any atom is 0.312 e. The molecule has 0 aliphatic carbocycles. The fourth-order valence-corrected chi connectivity index (χ4v) is 3.36. The molecule has 9 heteroatoms. The van der Waals surface area contributed by atoms with Gasteiger partial charge in [-0.05, 0) is 62.4 Å². The van der Waals surface area contributed by atoms with E-state index in [9.17, 15) is 14.0 Å². The number of rotatable bonds is 10. The molecule has 168 valence electrons. The third kappa shape index (κ3) is 7.05. The summed E-state index contributed by atoms with van der Waals surface area (Å²) < 4.78 is 29.0. The van der Waals surface area contributed by atoms with Gasteiger partial charge in [0.1, 0.15) is 28.9 Å². The molecule has 0 saturated carbocycles. The van der Waals surface area contributed by atoms with Gasteiger partial charge in [0.25, 0.3) is 5.91 Å². The van der Waals surface area contributed by atoms with E-state index in [4.69, 9.17) is 14.2 Å². The number of halogens is 1. The molecule has 0 fully saturated rings. The van der Waals surface area contributed by atoms with Crippen molar-refractivity contribution in [1.82, 2.24) is 4.98 Å². The Labute approximate surface area is 189 Å². The molecular formula is C23H23FN2O5S. The number of ether oxygens (including phenoxy) is 3. The number of hydrogen-bond acceptors (Lipinski definition) is 7. The second-order valence-electron chi connectivity index (χ2n) is 6.73. The average molecular weight is 459 g/mol. The number of hydrogen-bond donors (Lipinski definition) is 1. The van der Waals surface area contributed by atoms with Gasteiger partial charge in [-0.15, -0.1) is 11.3 Å². The Balaban J connectivity index is 1.44. The van der Waals surface area contributed by atoms with Crippen molar-refractivity contribution in [2.45, 2.75) is 33.0 Å². The van der Waals surface area contributed by atoms with Gasteiger partial charge in [-0.3, -0.25) is 9.59 Å². The SMILES string of the molecule is CCOc1ccc(NC(=O)C(C)OC(=O)Cc2csc(COc3ccc(F)cc3)n2)cc1. The van der Waals surface area contributed by atoms with Crippen LogP contribution in [0.15, 0.2) is 53.9 Å². The van der Waals surface area contributed by atoms with Gasteiger partial charge in [-0.2, -0.15) is 0 Å². The summed E-state index contributed by atoms with van der Waals surface area (Å²) in [7, 11) is 0. The number of carbonyl (C=O) groups is 2. The molecule has 0 spiro atoms. The van der Waals surface area contributed by atoms with Crippen molar-refractivity contribution in [2.75, 3.05) is 11.9 Å². The maximum absolute atomic E-state index is 12.9. The Hall–Kier alpha value is -3.46. The Kier molecular flexibility index (Phi) is 8.15. The molecule has 1 atom stereocenters. The highest BCUT2D eigenvalue weighted by Gasteiger charge is 2.19. The molecule has 1 amide bonds. The van der Waals surface area contributed by atoms with Gasteiger partial charge in [0.2, 0.25) is 0 Å². The van der Waals surface area contributed by atoms with E-state index < -0.39 is 18.0 Å². The average Bonchev–Trinajstić information content (AvgIpc) is 3.22. The van der Waals surface area contributed by atoms with E-state index in [0.717, 1.165) is 0 Å². The lowest BCUT2D eigenvalue weighted by atomic mass is 10.2. The summed E-state index contributed by atoms with van der Waals surface area (Å²) in [6.07, 6.45) is -1.03. The van der Waals surface area contributed by atoms with E-state index in [1.807, 2.05) is 6.92 Å². The predicted octanol–water partition coefficient (Wildman–Crippen LogP) is 4.37. The van der Waals surface area contributed by atoms with Crippen LogP contribution in [0, 0.1) is 5.82 Å². The van der Waals surface area contributed by atoms with E-state index in [1.165, 1.54) is 42.5 Å². The minimum absolute atomic E-state index is 0.0618. The van der Waals surface area contributed by atoms with E-state index in [1.54, 1.807) is 29.6 Å². The first-order valence-electron chi connectivity index (χ1n) is 9.97. The second-order valence-corrected chi connectivity index (χ2v) is 7.67. The molecule has 2 aromatic carbocycles. The standard InChI is InChI=1S/C23H23FN2O5S/c1-3-29-19-10-6-17(7-11-19)26-23(28)15(2)31-22(27)12-18-14-32-21(25-18)13-30-20-8-4-16(24)5-9-20/h4-11,14-15H,3,12-13H2,1-2H3,(H,26,28). The van der Waals surface area contributed by atoms with Crippen LogP contribution in [0.5, 0.6) is 11.5 Å². The van der Waals surface area contributed by atoms with E-state index in [0.29, 0.717) is 34.5 Å². The van der Waals surface area contributed by atoms with Crippen molar-refractivity contribution in [3.05, 3.63) is 70.4 Å². The molecule has 0 radical (unpaired) electrons. The van der Waals surface area contributed by atoms with Crippen molar-refractivity contribution in [1.29, 1.82) is 0 Å². The molecular weight excluding hydrogens is 435 g/mol. The van der Waals surface area contributed by atoms with Crippen molar-refractivity contribution < 1.29 is 28.2 Å². The second kappa shape index (κ2) is 11.2. The maximum atomic E-state index is 12.9. The molecule has 0 bridgehead atoms. The molecule has 32 heavy (non-hydrogen) atoms. The van der Waals surface area contributed by atoms with Crippen LogP contribution in [0.3, 0.4) is 0 Å². The third-order valence-electron chi connectivity index (χ3n) is 4.21. The number of esters is 1. The Morgan fingerprint density at radius 2 is 1.72 bits per heavy atom. The zero-order valence-corrected chi connectivity index (χ0v) is 18.5. The van der Waals surface area contributed by atoms with Crippen LogP contribution in [0.1, 0.15) is 24.5 Å². The minimum atomic E-state index is -0.964. The normalized spacial score (nSPS) is 11.5. The minimum Gasteiger partial charge on any atom is -0.494 e. The zero-order chi connectivity index (χ0) is 22.9. The number of benzene rings is 2. The molecule has 1 unspecified atom stereocenters. The highest BCUT2D eigenvalue weighted by molar-refractivity contribution is 7.09. The van der Waals surface area contributed by atoms with Crippen LogP contribution in [-0.4, -0.2) is 29.6 Å². The van der Waals surface area contributed by atoms with Gasteiger partial charge in [-0.1, -0.05) is 0 Å². The van der Waals surface area contributed by atoms with Gasteiger partial charge >= 0.3 is 5.97 Å². The predicted molar refractivity (Wildman–Crippen MR) is 118 cm³/mol. The van der Waals surface area contributed by atoms with Crippen LogP contribution in [0.2, 0.25) is 0 Å². The van der Waals surface area contributed by atoms with Gasteiger partial charge < -0.3 is 19.5 Å². The number of aromatic nitrogens is 1. The molecule has 0 saturated heterocycles. The monoisotopic (exact) mass is 458 g/mol. The molecule has 0 aliphatic heterocycles. The van der Waals surface area contributed by atoms with Crippen LogP contribution in [-0.2, 0) is 27.4 Å². The molecule has 1 heterocycles. The number of amides is 1. The van der Waals surface area contributed by atoms with Crippen LogP contribution in [0.25, 0.3) is 0 Å². The van der Waals surface area contributed by atoms with Crippen LogP contribution >= 0.6 is 11.3 Å². The zero-order valence-electron chi connectivity index (χ0n) is 17.7. The lowest BCUT2D eigenvalue weighted by Crippen LogP contribution is -2.30. The van der Waals surface area contributed by atoms with Gasteiger partial charge in [0, 0.05) is 11.1 Å². The summed E-state index contributed by atoms with van der Waals surface area (Å²) in [5.74, 6) is -0.106. The molecule has 0 aliphatic rings. The number of nitrogens with one attached hydrogen (secondary N) is 1. The fourth-order valence-electron chi connectivity index (χ4n) is 2.66. The first-order valence-corrected chi connectivity index (χ1v) is 10.9. The van der Waals surface area contributed by atoms with Crippen molar-refractivity contribution in [3.63, 3.8) is 0 Å². The Morgan fingerprint density at radius 1 is 1.06 bits per heavy atom. The van der Waals surface area contributed by atoms with Crippen molar-refractivity contribution >= 4 is 28.9 Å². The third-order valence-corrected chi connectivity index (χ3v) is 5.08. The quantitative estimate of drug-likeness (QED) is 0.454. The molecule has 3 rings (SSSR count). The Morgan fingerprint density at radius 3 is 2.41 bits per heavy atom. The van der Waals surface area contributed by atoms with E-state index in [-0.39, 0.29) is 18.8 Å². The van der Waals surface area contributed by atoms with E-state index in [2.05, 4.69) is 10.3 Å². The first kappa shape index (κ1) is 23.2. The summed E-state index contributed by atoms with van der Waals surface area (Å²) in [5, 5.41) is 5.09. The number of thiazole rings is 1. The van der Waals surface area contributed by atoms with Gasteiger partial charge in [0.15, 0.2) is 6.10 Å². The fraction of sp³-hybridized carbons (Fsp3) is 0.261. The summed E-state index contributed by atoms with van der Waals surface area (Å²) >= 11 is 1.34. The van der Waals surface area contributed by atoms with Crippen LogP contribution in [0.4, 0.5) is 10.1 Å². The number of anilines is 1. The first-order chi connectivity index (χ1) is 15.4. The molecule has 1 N–H and O–H groups in total.